The topological polar surface area (TPSA) is 302 Å². The molecule has 0 spiro atoms. The Hall–Kier alpha value is -7.16. The summed E-state index contributed by atoms with van der Waals surface area (Å²) in [7, 11) is -3.43. The quantitative estimate of drug-likeness (QED) is 0.0203. The fraction of sp³-hybridized carbons (Fsp3) is 0.525. The fourth-order valence-corrected chi connectivity index (χ4v) is 13.8. The highest BCUT2D eigenvalue weighted by Crippen LogP contribution is 2.43. The van der Waals surface area contributed by atoms with Crippen molar-refractivity contribution in [1.82, 2.24) is 40.9 Å². The van der Waals surface area contributed by atoms with E-state index in [0.717, 1.165) is 58.7 Å². The summed E-state index contributed by atoms with van der Waals surface area (Å²) in [5, 5.41) is 14.2. The molecule has 28 heteroatoms. The second kappa shape index (κ2) is 28.3. The standard InChI is InChI=1S/C61H75F4N10O12PS/c1-60(2,3)37-11-9-35(10-12-37)28-44(58(83)73-26-21-34(22-27-73)6-5-24-67-42-8-4-7-40-41(42)31-74(57(40)82)46-17-20-52(77)71-54(46)79)69-53(78)43(15-19-51(66)76)68-55(80)47-16-14-39-23-25-72(33-50(62)63)32-45(59(84)75(39)47)70-56(81)49-30-36-29-38(13-18-48(36)89-49)61(64,65)87-88(85)86/h4,7-13,18,29-30,34,39,43-47,50,67,85-86H,5-6,14-17,19-28,31-33H2,1-3H3,(H2,66,76)(H,68,80)(H,69,78)(H,70,81)(H,71,77,79)/t39-,43+,44+,45+,46?,47+/m1/s1. The Morgan fingerprint density at radius 2 is 1.61 bits per heavy atom. The van der Waals surface area contributed by atoms with Gasteiger partial charge in [-0.3, -0.25) is 53.4 Å². The Kier molecular flexibility index (Phi) is 21.1. The number of rotatable bonds is 23. The lowest BCUT2D eigenvalue weighted by Crippen LogP contribution is -2.62. The normalized spacial score (nSPS) is 21.1. The van der Waals surface area contributed by atoms with E-state index in [2.05, 4.69) is 51.9 Å². The largest absolute Gasteiger partial charge is 0.389 e. The predicted molar refractivity (Wildman–Crippen MR) is 321 cm³/mol. The zero-order chi connectivity index (χ0) is 64.1. The van der Waals surface area contributed by atoms with Crippen LogP contribution in [0.4, 0.5) is 23.2 Å². The van der Waals surface area contributed by atoms with Crippen LogP contribution in [0.15, 0.2) is 66.7 Å². The average Bonchev–Trinajstić information content (AvgIpc) is 2.02. The van der Waals surface area contributed by atoms with Crippen molar-refractivity contribution < 1.29 is 75.0 Å². The summed E-state index contributed by atoms with van der Waals surface area (Å²) in [5.74, 6) is -5.15. The molecule has 4 aromatic rings. The number of anilines is 1. The van der Waals surface area contributed by atoms with Crippen LogP contribution in [-0.2, 0) is 62.6 Å². The summed E-state index contributed by atoms with van der Waals surface area (Å²) >= 11 is 0.881. The highest BCUT2D eigenvalue weighted by atomic mass is 32.1. The van der Waals surface area contributed by atoms with Gasteiger partial charge in [0, 0.05) is 86.1 Å². The van der Waals surface area contributed by atoms with Gasteiger partial charge in [0.15, 0.2) is 0 Å². The minimum absolute atomic E-state index is 0.0417. The molecule has 0 bridgehead atoms. The van der Waals surface area contributed by atoms with Gasteiger partial charge in [0.25, 0.3) is 18.2 Å². The number of primary amides is 1. The lowest BCUT2D eigenvalue weighted by atomic mass is 9.86. The minimum Gasteiger partial charge on any atom is -0.385 e. The van der Waals surface area contributed by atoms with Crippen molar-refractivity contribution in [2.75, 3.05) is 44.6 Å². The first-order valence-corrected chi connectivity index (χ1v) is 31.9. The van der Waals surface area contributed by atoms with E-state index < -0.39 is 105 Å². The number of piperidine rings is 2. The van der Waals surface area contributed by atoms with Gasteiger partial charge in [-0.15, -0.1) is 11.3 Å². The minimum atomic E-state index is -4.09. The molecule has 480 valence electrons. The maximum Gasteiger partial charge on any atom is 0.389 e. The molecule has 1 aromatic heterocycles. The molecule has 9 rings (SSSR count). The molecule has 22 nitrogen and oxygen atoms in total. The van der Waals surface area contributed by atoms with Crippen molar-refractivity contribution in [2.24, 2.45) is 11.7 Å². The number of hydrogen-bond acceptors (Lipinski definition) is 15. The number of hydrogen-bond donors (Lipinski definition) is 8. The number of alkyl halides is 4. The maximum absolute atomic E-state index is 14.8. The molecule has 3 aromatic carbocycles. The molecule has 6 heterocycles. The molecule has 6 atom stereocenters. The van der Waals surface area contributed by atoms with Gasteiger partial charge >= 0.3 is 14.7 Å². The van der Waals surface area contributed by atoms with Gasteiger partial charge in [-0.25, -0.2) is 13.3 Å². The Bertz CT molecular complexity index is 3330. The van der Waals surface area contributed by atoms with Crippen molar-refractivity contribution in [3.63, 3.8) is 0 Å². The Labute approximate surface area is 517 Å². The van der Waals surface area contributed by atoms with Crippen LogP contribution in [0.25, 0.3) is 10.1 Å². The molecule has 5 aliphatic heterocycles. The third-order valence-corrected chi connectivity index (χ3v) is 18.9. The molecule has 4 fully saturated rings. The van der Waals surface area contributed by atoms with E-state index in [1.807, 2.05) is 30.3 Å². The van der Waals surface area contributed by atoms with Gasteiger partial charge in [0.2, 0.25) is 41.4 Å². The van der Waals surface area contributed by atoms with Crippen LogP contribution in [0.3, 0.4) is 0 Å². The number of nitrogens with one attached hydrogen (secondary N) is 5. The Morgan fingerprint density at radius 3 is 2.29 bits per heavy atom. The number of carbonyl (C=O) groups is 9. The van der Waals surface area contributed by atoms with Crippen molar-refractivity contribution >= 4 is 88.9 Å². The smallest absolute Gasteiger partial charge is 0.385 e. The molecule has 9 amide bonds. The fourth-order valence-electron chi connectivity index (χ4n) is 12.6. The SMILES string of the molecule is CC(C)(C)c1ccc(C[C@H](NC(=O)[C@H](CCC(N)=O)NC(=O)[C@@H]2CC[C@@H]3CCN(CC(F)F)C[C@H](NC(=O)c4cc5cc(C(F)(F)OP(O)O)ccc5s4)C(=O)N32)C(=O)N2CCC(CCCNc3cccc4c3CN(C3CCC(=O)NC3=O)C4=O)CC2)cc1. The second-order valence-electron chi connectivity index (χ2n) is 24.5. The van der Waals surface area contributed by atoms with Crippen LogP contribution >= 0.6 is 19.9 Å². The third kappa shape index (κ3) is 16.3. The van der Waals surface area contributed by atoms with E-state index in [-0.39, 0.29) is 110 Å². The maximum atomic E-state index is 14.8. The molecule has 0 saturated carbocycles. The van der Waals surface area contributed by atoms with Crippen LogP contribution in [-0.4, -0.2) is 164 Å². The second-order valence-corrected chi connectivity index (χ2v) is 26.3. The Morgan fingerprint density at radius 1 is 0.876 bits per heavy atom. The third-order valence-electron chi connectivity index (χ3n) is 17.4. The van der Waals surface area contributed by atoms with Gasteiger partial charge < -0.3 is 51.5 Å². The van der Waals surface area contributed by atoms with Gasteiger partial charge in [-0.2, -0.15) is 8.78 Å². The summed E-state index contributed by atoms with van der Waals surface area (Å²) in [6.07, 6.45) is -3.56. The zero-order valence-electron chi connectivity index (χ0n) is 49.6. The van der Waals surface area contributed by atoms with Crippen LogP contribution in [0, 0.1) is 5.92 Å². The number of fused-ring (bicyclic) bond motifs is 3. The molecule has 0 aliphatic carbocycles. The van der Waals surface area contributed by atoms with Gasteiger partial charge in [0.05, 0.1) is 17.0 Å². The van der Waals surface area contributed by atoms with E-state index in [4.69, 9.17) is 15.5 Å². The number of amides is 9. The highest BCUT2D eigenvalue weighted by molar-refractivity contribution is 7.39. The molecule has 4 saturated heterocycles. The number of imide groups is 1. The van der Waals surface area contributed by atoms with Crippen LogP contribution in [0.5, 0.6) is 0 Å². The zero-order valence-corrected chi connectivity index (χ0v) is 51.3. The number of thiophene rings is 1. The number of carbonyl (C=O) groups excluding carboxylic acids is 9. The molecule has 89 heavy (non-hydrogen) atoms. The number of likely N-dealkylation sites (tertiary alicyclic amines) is 1. The molecular formula is C61H75F4N10O12PS. The van der Waals surface area contributed by atoms with Crippen molar-refractivity contribution in [1.29, 1.82) is 0 Å². The number of nitrogens with zero attached hydrogens (tertiary/aromatic N) is 4. The van der Waals surface area contributed by atoms with E-state index in [1.165, 1.54) is 26.8 Å². The summed E-state index contributed by atoms with van der Waals surface area (Å²) in [4.78, 5) is 147. The van der Waals surface area contributed by atoms with Crippen LogP contribution in [0.2, 0.25) is 0 Å². The van der Waals surface area contributed by atoms with Gasteiger partial charge in [-0.05, 0) is 122 Å². The van der Waals surface area contributed by atoms with E-state index in [9.17, 15) is 60.7 Å². The van der Waals surface area contributed by atoms with Crippen molar-refractivity contribution in [2.45, 2.75) is 159 Å². The van der Waals surface area contributed by atoms with Crippen molar-refractivity contribution in [3.05, 3.63) is 99.4 Å². The van der Waals surface area contributed by atoms with Gasteiger partial charge in [0.1, 0.15) is 30.2 Å². The average molecular weight is 1280 g/mol. The van der Waals surface area contributed by atoms with Gasteiger partial charge in [-0.1, -0.05) is 51.1 Å². The number of nitrogens with two attached hydrogens (primary N) is 1. The first-order valence-electron chi connectivity index (χ1n) is 29.9. The number of benzene rings is 3. The summed E-state index contributed by atoms with van der Waals surface area (Å²) in [6.45, 7) is 6.77. The molecular weight excluding hydrogens is 1200 g/mol. The van der Waals surface area contributed by atoms with Crippen LogP contribution in [0.1, 0.15) is 134 Å². The lowest BCUT2D eigenvalue weighted by Gasteiger charge is -2.39. The van der Waals surface area contributed by atoms with Crippen molar-refractivity contribution in [3.8, 4) is 0 Å². The Balaban J connectivity index is 0.858. The van der Waals surface area contributed by atoms with E-state index in [1.54, 1.807) is 17.0 Å². The summed E-state index contributed by atoms with van der Waals surface area (Å²) in [6, 6.07) is 10.9. The molecule has 1 unspecified atom stereocenters. The molecule has 9 N–H and O–H groups in total. The van der Waals surface area contributed by atoms with E-state index >= 15 is 0 Å². The molecule has 0 radical (unpaired) electrons. The lowest BCUT2D eigenvalue weighted by molar-refractivity contribution is -0.189. The highest BCUT2D eigenvalue weighted by Gasteiger charge is 2.47. The monoisotopic (exact) mass is 1280 g/mol. The first-order chi connectivity index (χ1) is 42.2. The van der Waals surface area contributed by atoms with E-state index in [0.29, 0.717) is 42.7 Å². The summed E-state index contributed by atoms with van der Waals surface area (Å²) < 4.78 is 61.5. The number of halogens is 4. The van der Waals surface area contributed by atoms with Crippen LogP contribution < -0.4 is 32.3 Å². The predicted octanol–water partition coefficient (Wildman–Crippen LogP) is 5.27. The summed E-state index contributed by atoms with van der Waals surface area (Å²) in [5.41, 5.74) is 8.56. The first kappa shape index (κ1) is 66.3. The molecule has 5 aliphatic rings.